The summed E-state index contributed by atoms with van der Waals surface area (Å²) in [6.07, 6.45) is 2.26. The van der Waals surface area contributed by atoms with E-state index in [0.717, 1.165) is 42.9 Å². The number of hydrogen-bond acceptors (Lipinski definition) is 5. The summed E-state index contributed by atoms with van der Waals surface area (Å²) in [6, 6.07) is 9.69. The first-order valence-corrected chi connectivity index (χ1v) is 12.7. The molecule has 0 aliphatic carbocycles. The molecule has 3 heterocycles. The summed E-state index contributed by atoms with van der Waals surface area (Å²) in [5.41, 5.74) is 3.01. The molecule has 2 aliphatic heterocycles. The van der Waals surface area contributed by atoms with Crippen molar-refractivity contribution in [1.29, 1.82) is 0 Å². The number of aromatic nitrogens is 1. The van der Waals surface area contributed by atoms with E-state index in [1.54, 1.807) is 0 Å². The second kappa shape index (κ2) is 9.78. The highest BCUT2D eigenvalue weighted by atomic mass is 16.5. The SMILES string of the molecule is Cc1cc(C(=O)N2CCC3(CC2)c2ccc(C(=O)C(C)(C)C)n2CCN3C)ccc1OCCCO. The highest BCUT2D eigenvalue weighted by Gasteiger charge is 2.45. The minimum Gasteiger partial charge on any atom is -0.493 e. The summed E-state index contributed by atoms with van der Waals surface area (Å²) >= 11 is 0. The number of aliphatic hydroxyl groups is 1. The Balaban J connectivity index is 1.50. The number of amides is 1. The molecule has 0 radical (unpaired) electrons. The predicted octanol–water partition coefficient (Wildman–Crippen LogP) is 3.86. The maximum Gasteiger partial charge on any atom is 0.253 e. The Hall–Kier alpha value is -2.64. The molecule has 0 saturated carbocycles. The van der Waals surface area contributed by atoms with Crippen molar-refractivity contribution in [3.63, 3.8) is 0 Å². The van der Waals surface area contributed by atoms with Gasteiger partial charge in [0.2, 0.25) is 0 Å². The molecule has 1 fully saturated rings. The fraction of sp³-hybridized carbons (Fsp3) is 0.571. The lowest BCUT2D eigenvalue weighted by molar-refractivity contribution is 0.0126. The summed E-state index contributed by atoms with van der Waals surface area (Å²) in [6.45, 7) is 11.5. The van der Waals surface area contributed by atoms with Crippen molar-refractivity contribution in [2.75, 3.05) is 39.9 Å². The fourth-order valence-electron chi connectivity index (χ4n) is 5.45. The van der Waals surface area contributed by atoms with Crippen molar-refractivity contribution in [2.24, 2.45) is 5.41 Å². The second-order valence-electron chi connectivity index (χ2n) is 11.0. The van der Waals surface area contributed by atoms with Crippen molar-refractivity contribution >= 4 is 11.7 Å². The number of benzene rings is 1. The third kappa shape index (κ3) is 4.76. The molecular weight excluding hydrogens is 442 g/mol. The predicted molar refractivity (Wildman–Crippen MR) is 136 cm³/mol. The van der Waals surface area contributed by atoms with E-state index in [-0.39, 0.29) is 23.8 Å². The van der Waals surface area contributed by atoms with Crippen molar-refractivity contribution in [3.8, 4) is 5.75 Å². The van der Waals surface area contributed by atoms with E-state index in [9.17, 15) is 9.59 Å². The Morgan fingerprint density at radius 2 is 1.77 bits per heavy atom. The van der Waals surface area contributed by atoms with Crippen LogP contribution in [0.1, 0.15) is 72.1 Å². The number of Topliss-reactive ketones (excluding diaryl/α,β-unsaturated/α-hetero) is 1. The molecule has 1 N–H and O–H groups in total. The number of aliphatic hydroxyl groups excluding tert-OH is 1. The molecule has 4 rings (SSSR count). The number of likely N-dealkylation sites (tertiary alicyclic amines) is 1. The minimum atomic E-state index is -0.418. The summed E-state index contributed by atoms with van der Waals surface area (Å²) in [5, 5.41) is 8.95. The van der Waals surface area contributed by atoms with E-state index < -0.39 is 5.41 Å². The molecule has 1 aromatic heterocycles. The molecule has 7 nitrogen and oxygen atoms in total. The molecule has 0 bridgehead atoms. The monoisotopic (exact) mass is 481 g/mol. The molecule has 1 amide bonds. The third-order valence-corrected chi connectivity index (χ3v) is 7.62. The fourth-order valence-corrected chi connectivity index (χ4v) is 5.45. The van der Waals surface area contributed by atoms with Crippen LogP contribution in [0.25, 0.3) is 0 Å². The van der Waals surface area contributed by atoms with Gasteiger partial charge in [0.15, 0.2) is 5.78 Å². The van der Waals surface area contributed by atoms with E-state index in [0.29, 0.717) is 31.7 Å². The number of nitrogens with zero attached hydrogens (tertiary/aromatic N) is 3. The van der Waals surface area contributed by atoms with Crippen molar-refractivity contribution in [2.45, 2.75) is 59.0 Å². The number of aryl methyl sites for hydroxylation is 1. The minimum absolute atomic E-state index is 0.0438. The van der Waals surface area contributed by atoms with Gasteiger partial charge >= 0.3 is 0 Å². The smallest absolute Gasteiger partial charge is 0.253 e. The van der Waals surface area contributed by atoms with E-state index in [1.807, 2.05) is 56.9 Å². The summed E-state index contributed by atoms with van der Waals surface area (Å²) < 4.78 is 7.93. The van der Waals surface area contributed by atoms with Crippen LogP contribution in [0.4, 0.5) is 0 Å². The molecule has 0 unspecified atom stereocenters. The lowest BCUT2D eigenvalue weighted by atomic mass is 9.81. The van der Waals surface area contributed by atoms with Crippen molar-refractivity contribution in [1.82, 2.24) is 14.4 Å². The van der Waals surface area contributed by atoms with Gasteiger partial charge < -0.3 is 19.3 Å². The molecular formula is C28H39N3O4. The zero-order valence-corrected chi connectivity index (χ0v) is 21.8. The van der Waals surface area contributed by atoms with Crippen molar-refractivity contribution < 1.29 is 19.4 Å². The molecule has 2 aliphatic rings. The summed E-state index contributed by atoms with van der Waals surface area (Å²) in [4.78, 5) is 30.7. The van der Waals surface area contributed by atoms with Gasteiger partial charge in [-0.15, -0.1) is 0 Å². The van der Waals surface area contributed by atoms with Crippen molar-refractivity contribution in [3.05, 3.63) is 52.8 Å². The first-order chi connectivity index (χ1) is 16.6. The summed E-state index contributed by atoms with van der Waals surface area (Å²) in [7, 11) is 2.16. The average molecular weight is 482 g/mol. The van der Waals surface area contributed by atoms with Gasteiger partial charge in [-0.1, -0.05) is 20.8 Å². The molecule has 0 atom stereocenters. The first-order valence-electron chi connectivity index (χ1n) is 12.7. The molecule has 1 spiro atoms. The van der Waals surface area contributed by atoms with Crippen LogP contribution in [-0.4, -0.2) is 71.1 Å². The van der Waals surface area contributed by atoms with Gasteiger partial charge in [-0.2, -0.15) is 0 Å². The zero-order valence-electron chi connectivity index (χ0n) is 21.8. The Kier molecular flexibility index (Phi) is 7.11. The lowest BCUT2D eigenvalue weighted by Crippen LogP contribution is -2.56. The van der Waals surface area contributed by atoms with Gasteiger partial charge in [-0.05, 0) is 62.7 Å². The van der Waals surface area contributed by atoms with Gasteiger partial charge in [-0.25, -0.2) is 0 Å². The van der Waals surface area contributed by atoms with Gasteiger partial charge in [0.25, 0.3) is 5.91 Å². The van der Waals surface area contributed by atoms with E-state index in [1.165, 1.54) is 5.69 Å². The number of ether oxygens (including phenoxy) is 1. The number of likely N-dealkylation sites (N-methyl/N-ethyl adjacent to an activating group) is 1. The second-order valence-corrected chi connectivity index (χ2v) is 11.0. The highest BCUT2D eigenvalue weighted by Crippen LogP contribution is 2.42. The zero-order chi connectivity index (χ0) is 25.4. The average Bonchev–Trinajstić information content (AvgIpc) is 3.26. The van der Waals surface area contributed by atoms with E-state index >= 15 is 0 Å². The number of rotatable bonds is 6. The van der Waals surface area contributed by atoms with Crippen LogP contribution < -0.4 is 4.74 Å². The first kappa shape index (κ1) is 25.5. The Morgan fingerprint density at radius 1 is 1.06 bits per heavy atom. The van der Waals surface area contributed by atoms with Crippen LogP contribution in [0.3, 0.4) is 0 Å². The number of fused-ring (bicyclic) bond motifs is 2. The van der Waals surface area contributed by atoms with Crippen LogP contribution in [0.15, 0.2) is 30.3 Å². The van der Waals surface area contributed by atoms with Crippen LogP contribution in [0, 0.1) is 12.3 Å². The normalized spacial score (nSPS) is 17.9. The number of piperidine rings is 1. The molecule has 7 heteroatoms. The lowest BCUT2D eigenvalue weighted by Gasteiger charge is -2.50. The van der Waals surface area contributed by atoms with E-state index in [4.69, 9.17) is 9.84 Å². The Bertz CT molecular complexity index is 1090. The van der Waals surface area contributed by atoms with Gasteiger partial charge in [-0.3, -0.25) is 14.5 Å². The molecule has 1 aromatic carbocycles. The quantitative estimate of drug-likeness (QED) is 0.501. The number of carbonyl (C=O) groups is 2. The van der Waals surface area contributed by atoms with Crippen LogP contribution >= 0.6 is 0 Å². The Morgan fingerprint density at radius 3 is 2.40 bits per heavy atom. The van der Waals surface area contributed by atoms with Crippen LogP contribution in [0.5, 0.6) is 5.75 Å². The number of ketones is 1. The molecule has 190 valence electrons. The van der Waals surface area contributed by atoms with Crippen LogP contribution in [-0.2, 0) is 12.1 Å². The third-order valence-electron chi connectivity index (χ3n) is 7.62. The topological polar surface area (TPSA) is 75.0 Å². The standard InChI is InChI=1S/C28H39N3O4/c1-20-19-21(7-9-23(20)35-18-6-17-32)26(34)30-13-11-28(12-14-30)24-10-8-22(25(33)27(2,3)4)31(24)16-15-29(28)5/h7-10,19,32H,6,11-18H2,1-5H3. The summed E-state index contributed by atoms with van der Waals surface area (Å²) in [5.74, 6) is 0.968. The van der Waals surface area contributed by atoms with Gasteiger partial charge in [0.05, 0.1) is 17.8 Å². The van der Waals surface area contributed by atoms with E-state index in [2.05, 4.69) is 22.6 Å². The maximum atomic E-state index is 13.3. The number of hydrogen-bond donors (Lipinski definition) is 1. The largest absolute Gasteiger partial charge is 0.493 e. The molecule has 2 aromatic rings. The van der Waals surface area contributed by atoms with Crippen LogP contribution in [0.2, 0.25) is 0 Å². The number of carbonyl (C=O) groups excluding carboxylic acids is 2. The molecule has 35 heavy (non-hydrogen) atoms. The van der Waals surface area contributed by atoms with Gasteiger partial charge in [0.1, 0.15) is 5.75 Å². The maximum absolute atomic E-state index is 13.3. The highest BCUT2D eigenvalue weighted by molar-refractivity contribution is 5.98. The molecule has 1 saturated heterocycles. The Labute approximate surface area is 208 Å². The van der Waals surface area contributed by atoms with Gasteiger partial charge in [0, 0.05) is 55.9 Å².